The van der Waals surface area contributed by atoms with Gasteiger partial charge in [0.1, 0.15) is 0 Å². The first-order valence-electron chi connectivity index (χ1n) is 9.75. The highest BCUT2D eigenvalue weighted by Gasteiger charge is 2.29. The third kappa shape index (κ3) is 3.66. The topological polar surface area (TPSA) is 111 Å². The molecule has 0 radical (unpaired) electrons. The highest BCUT2D eigenvalue weighted by atomic mass is 16.1. The van der Waals surface area contributed by atoms with E-state index in [1.165, 1.54) is 6.42 Å². The Morgan fingerprint density at radius 3 is 2.93 bits per heavy atom. The molecule has 144 valence electrons. The molecule has 1 saturated carbocycles. The second kappa shape index (κ2) is 7.26. The molecule has 2 atom stereocenters. The molecule has 4 rings (SSSR count). The molecule has 2 aromatic rings. The van der Waals surface area contributed by atoms with Crippen LogP contribution in [0.15, 0.2) is 12.4 Å². The molecule has 8 heteroatoms. The molecular formula is C19H27N7O. The van der Waals surface area contributed by atoms with Crippen LogP contribution >= 0.6 is 0 Å². The maximum atomic E-state index is 12.3. The quantitative estimate of drug-likeness (QED) is 0.743. The number of hydrogen-bond acceptors (Lipinski definition) is 6. The second-order valence-corrected chi connectivity index (χ2v) is 7.94. The lowest BCUT2D eigenvalue weighted by Crippen LogP contribution is -2.43. The van der Waals surface area contributed by atoms with Gasteiger partial charge >= 0.3 is 0 Å². The van der Waals surface area contributed by atoms with Crippen molar-refractivity contribution in [3.63, 3.8) is 0 Å². The molecule has 2 aromatic heterocycles. The zero-order valence-corrected chi connectivity index (χ0v) is 15.9. The van der Waals surface area contributed by atoms with E-state index >= 15 is 0 Å². The summed E-state index contributed by atoms with van der Waals surface area (Å²) in [5.41, 5.74) is 9.02. The summed E-state index contributed by atoms with van der Waals surface area (Å²) < 4.78 is 1.89. The van der Waals surface area contributed by atoms with E-state index in [0.717, 1.165) is 37.1 Å². The fourth-order valence-electron chi connectivity index (χ4n) is 3.86. The van der Waals surface area contributed by atoms with Gasteiger partial charge in [-0.15, -0.1) is 0 Å². The predicted octanol–water partition coefficient (Wildman–Crippen LogP) is 1.92. The van der Waals surface area contributed by atoms with Gasteiger partial charge in [-0.2, -0.15) is 5.10 Å². The Kier molecular flexibility index (Phi) is 4.82. The number of hydrogen-bond donors (Lipinski definition) is 3. The van der Waals surface area contributed by atoms with Crippen molar-refractivity contribution in [3.8, 4) is 11.3 Å². The number of fused-ring (bicyclic) bond motifs is 1. The Morgan fingerprint density at radius 2 is 2.15 bits per heavy atom. The lowest BCUT2D eigenvalue weighted by atomic mass is 9.91. The number of nitrogens with one attached hydrogen (secondary N) is 2. The molecule has 2 aliphatic rings. The minimum Gasteiger partial charge on any atom is -0.350 e. The van der Waals surface area contributed by atoms with Crippen molar-refractivity contribution >= 4 is 11.9 Å². The molecule has 0 saturated heterocycles. The third-order valence-electron chi connectivity index (χ3n) is 5.22. The van der Waals surface area contributed by atoms with Gasteiger partial charge in [0.25, 0.3) is 5.91 Å². The van der Waals surface area contributed by atoms with Gasteiger partial charge in [0.05, 0.1) is 29.7 Å². The molecule has 0 bridgehead atoms. The number of carbonyl (C=O) groups is 1. The van der Waals surface area contributed by atoms with Gasteiger partial charge in [0, 0.05) is 30.4 Å². The Balaban J connectivity index is 1.68. The summed E-state index contributed by atoms with van der Waals surface area (Å²) in [7, 11) is 0. The normalized spacial score (nSPS) is 22.0. The fraction of sp³-hybridized carbons (Fsp3) is 0.579. The van der Waals surface area contributed by atoms with E-state index in [1.807, 2.05) is 10.9 Å². The number of aromatic nitrogens is 4. The van der Waals surface area contributed by atoms with Crippen molar-refractivity contribution in [2.45, 2.75) is 64.7 Å². The van der Waals surface area contributed by atoms with Crippen LogP contribution in [0.2, 0.25) is 0 Å². The van der Waals surface area contributed by atoms with E-state index in [0.29, 0.717) is 29.7 Å². The maximum Gasteiger partial charge on any atom is 0.255 e. The molecule has 1 amide bonds. The van der Waals surface area contributed by atoms with Crippen LogP contribution in [0.3, 0.4) is 0 Å². The van der Waals surface area contributed by atoms with E-state index in [-0.39, 0.29) is 18.0 Å². The maximum absolute atomic E-state index is 12.3. The second-order valence-electron chi connectivity index (χ2n) is 7.94. The van der Waals surface area contributed by atoms with Crippen LogP contribution in [-0.2, 0) is 13.1 Å². The largest absolute Gasteiger partial charge is 0.350 e. The summed E-state index contributed by atoms with van der Waals surface area (Å²) in [5.74, 6) is 0.902. The standard InChI is InChI=1S/C19H27N7O/c1-11(2)9-26-10-12(7-22-26)17-16-15(8-21-18(16)27)24-19(25-17)23-14-6-4-3-5-13(14)20/h7,10-11,13-14H,3-6,8-9,20H2,1-2H3,(H,21,27)(H,23,24,25)/t13-,14+/m0/s1. The Labute approximate surface area is 159 Å². The van der Waals surface area contributed by atoms with Gasteiger partial charge in [-0.3, -0.25) is 9.48 Å². The van der Waals surface area contributed by atoms with Gasteiger partial charge in [-0.25, -0.2) is 9.97 Å². The minimum atomic E-state index is -0.127. The van der Waals surface area contributed by atoms with Crippen molar-refractivity contribution in [1.29, 1.82) is 0 Å². The van der Waals surface area contributed by atoms with Gasteiger partial charge in [0.15, 0.2) is 0 Å². The first-order valence-corrected chi connectivity index (χ1v) is 9.75. The van der Waals surface area contributed by atoms with Crippen molar-refractivity contribution in [2.24, 2.45) is 11.7 Å². The van der Waals surface area contributed by atoms with Gasteiger partial charge < -0.3 is 16.4 Å². The molecule has 1 fully saturated rings. The molecule has 27 heavy (non-hydrogen) atoms. The monoisotopic (exact) mass is 369 g/mol. The molecule has 0 unspecified atom stereocenters. The van der Waals surface area contributed by atoms with Crippen LogP contribution in [0.25, 0.3) is 11.3 Å². The molecule has 8 nitrogen and oxygen atoms in total. The first kappa shape index (κ1) is 17.9. The Hall–Kier alpha value is -2.48. The number of nitrogens with zero attached hydrogens (tertiary/aromatic N) is 4. The third-order valence-corrected chi connectivity index (χ3v) is 5.22. The molecule has 0 aromatic carbocycles. The highest BCUT2D eigenvalue weighted by Crippen LogP contribution is 2.29. The van der Waals surface area contributed by atoms with Crippen molar-refractivity contribution < 1.29 is 4.79 Å². The van der Waals surface area contributed by atoms with E-state index in [4.69, 9.17) is 10.7 Å². The zero-order valence-electron chi connectivity index (χ0n) is 15.9. The molecule has 0 spiro atoms. The highest BCUT2D eigenvalue weighted by molar-refractivity contribution is 6.03. The Morgan fingerprint density at radius 1 is 1.33 bits per heavy atom. The van der Waals surface area contributed by atoms with E-state index in [2.05, 4.69) is 34.6 Å². The number of carbonyl (C=O) groups excluding carboxylic acids is 1. The molecule has 3 heterocycles. The Bertz CT molecular complexity index is 845. The van der Waals surface area contributed by atoms with Crippen LogP contribution in [0, 0.1) is 5.92 Å². The summed E-state index contributed by atoms with van der Waals surface area (Å²) in [5, 5.41) is 10.7. The van der Waals surface area contributed by atoms with Crippen molar-refractivity contribution in [1.82, 2.24) is 25.1 Å². The smallest absolute Gasteiger partial charge is 0.255 e. The average molecular weight is 369 g/mol. The zero-order chi connectivity index (χ0) is 19.0. The minimum absolute atomic E-state index is 0.104. The summed E-state index contributed by atoms with van der Waals surface area (Å²) in [6, 6.07) is 0.269. The van der Waals surface area contributed by atoms with Crippen LogP contribution in [-0.4, -0.2) is 37.7 Å². The summed E-state index contributed by atoms with van der Waals surface area (Å²) in [6.45, 7) is 5.54. The number of anilines is 1. The van der Waals surface area contributed by atoms with Crippen LogP contribution in [0.1, 0.15) is 55.6 Å². The van der Waals surface area contributed by atoms with E-state index in [9.17, 15) is 4.79 Å². The van der Waals surface area contributed by atoms with Gasteiger partial charge in [-0.05, 0) is 18.8 Å². The fourth-order valence-corrected chi connectivity index (χ4v) is 3.86. The van der Waals surface area contributed by atoms with Gasteiger partial charge in [-0.1, -0.05) is 26.7 Å². The lowest BCUT2D eigenvalue weighted by Gasteiger charge is -2.29. The van der Waals surface area contributed by atoms with Crippen LogP contribution in [0.4, 0.5) is 5.95 Å². The van der Waals surface area contributed by atoms with E-state index in [1.54, 1.807) is 6.20 Å². The van der Waals surface area contributed by atoms with Crippen LogP contribution in [0.5, 0.6) is 0 Å². The summed E-state index contributed by atoms with van der Waals surface area (Å²) in [6.07, 6.45) is 8.07. The summed E-state index contributed by atoms with van der Waals surface area (Å²) >= 11 is 0. The number of nitrogens with two attached hydrogens (primary N) is 1. The molecular weight excluding hydrogens is 342 g/mol. The predicted molar refractivity (Wildman–Crippen MR) is 103 cm³/mol. The van der Waals surface area contributed by atoms with Gasteiger partial charge in [0.2, 0.25) is 5.95 Å². The average Bonchev–Trinajstić information content (AvgIpc) is 3.23. The molecule has 1 aliphatic carbocycles. The number of rotatable bonds is 5. The first-order chi connectivity index (χ1) is 13.0. The number of amides is 1. The molecule has 1 aliphatic heterocycles. The summed E-state index contributed by atoms with van der Waals surface area (Å²) in [4.78, 5) is 21.6. The van der Waals surface area contributed by atoms with Crippen molar-refractivity contribution in [3.05, 3.63) is 23.7 Å². The van der Waals surface area contributed by atoms with Crippen molar-refractivity contribution in [2.75, 3.05) is 5.32 Å². The lowest BCUT2D eigenvalue weighted by molar-refractivity contribution is 0.0966. The molecule has 4 N–H and O–H groups in total. The van der Waals surface area contributed by atoms with Crippen LogP contribution < -0.4 is 16.4 Å². The SMILES string of the molecule is CC(C)Cn1cc(-c2nc(N[C@@H]3CCCC[C@@H]3N)nc3c2C(=O)NC3)cn1. The van der Waals surface area contributed by atoms with E-state index < -0.39 is 0 Å².